The maximum Gasteiger partial charge on any atom is 0.172 e. The Hall–Kier alpha value is -1.48. The molecule has 1 aromatic rings. The summed E-state index contributed by atoms with van der Waals surface area (Å²) < 4.78 is 10.7. The topological polar surface area (TPSA) is 35.5 Å². The molecular formula is C13H15ClO3. The standard InChI is InChI=1S/C13H15ClO3/c1-9(2)4-5-17-13-10(8-15)6-11(14)7-12(13)16-3/h4,6-8H,5H2,1-3H3. The molecule has 17 heavy (non-hydrogen) atoms. The Kier molecular flexibility index (Phi) is 5.04. The summed E-state index contributed by atoms with van der Waals surface area (Å²) in [4.78, 5) is 10.9. The SMILES string of the molecule is COc1cc(Cl)cc(C=O)c1OCC=C(C)C. The molecule has 1 aromatic carbocycles. The van der Waals surface area contributed by atoms with Crippen LogP contribution in [0.15, 0.2) is 23.8 Å². The molecule has 3 nitrogen and oxygen atoms in total. The highest BCUT2D eigenvalue weighted by Gasteiger charge is 2.11. The van der Waals surface area contributed by atoms with Gasteiger partial charge in [0, 0.05) is 11.1 Å². The molecule has 0 amide bonds. The quantitative estimate of drug-likeness (QED) is 0.596. The van der Waals surface area contributed by atoms with Crippen molar-refractivity contribution in [3.05, 3.63) is 34.4 Å². The molecule has 0 atom stereocenters. The molecule has 0 bridgehead atoms. The zero-order valence-electron chi connectivity index (χ0n) is 10.1. The van der Waals surface area contributed by atoms with Crippen molar-refractivity contribution in [1.29, 1.82) is 0 Å². The molecule has 4 heteroatoms. The van der Waals surface area contributed by atoms with E-state index in [1.807, 2.05) is 19.9 Å². The van der Waals surface area contributed by atoms with Crippen LogP contribution >= 0.6 is 11.6 Å². The molecule has 0 heterocycles. The van der Waals surface area contributed by atoms with E-state index < -0.39 is 0 Å². The first kappa shape index (κ1) is 13.6. The van der Waals surface area contributed by atoms with Crippen molar-refractivity contribution in [2.24, 2.45) is 0 Å². The number of hydrogen-bond acceptors (Lipinski definition) is 3. The average molecular weight is 255 g/mol. The van der Waals surface area contributed by atoms with E-state index in [2.05, 4.69) is 0 Å². The number of aldehydes is 1. The molecule has 0 saturated carbocycles. The summed E-state index contributed by atoms with van der Waals surface area (Å²) in [5.41, 5.74) is 1.53. The van der Waals surface area contributed by atoms with Gasteiger partial charge in [0.1, 0.15) is 6.61 Å². The van der Waals surface area contributed by atoms with Crippen LogP contribution in [0.1, 0.15) is 24.2 Å². The molecule has 0 aliphatic rings. The number of halogens is 1. The molecule has 0 N–H and O–H groups in total. The summed E-state index contributed by atoms with van der Waals surface area (Å²) in [6, 6.07) is 3.17. The van der Waals surface area contributed by atoms with Crippen molar-refractivity contribution in [2.75, 3.05) is 13.7 Å². The van der Waals surface area contributed by atoms with Crippen molar-refractivity contribution in [2.45, 2.75) is 13.8 Å². The van der Waals surface area contributed by atoms with Crippen LogP contribution in [0, 0.1) is 0 Å². The first-order valence-corrected chi connectivity index (χ1v) is 5.55. The van der Waals surface area contributed by atoms with Crippen LogP contribution in [-0.4, -0.2) is 20.0 Å². The second kappa shape index (κ2) is 6.30. The molecule has 0 unspecified atom stereocenters. The van der Waals surface area contributed by atoms with Crippen molar-refractivity contribution in [3.8, 4) is 11.5 Å². The van der Waals surface area contributed by atoms with E-state index in [1.54, 1.807) is 12.1 Å². The highest BCUT2D eigenvalue weighted by atomic mass is 35.5. The Morgan fingerprint density at radius 1 is 1.41 bits per heavy atom. The molecule has 0 saturated heterocycles. The minimum atomic E-state index is 0.386. The van der Waals surface area contributed by atoms with Gasteiger partial charge in [0.2, 0.25) is 0 Å². The molecule has 0 fully saturated rings. The van der Waals surface area contributed by atoms with Gasteiger partial charge in [-0.3, -0.25) is 4.79 Å². The number of rotatable bonds is 5. The number of carbonyl (C=O) groups excluding carboxylic acids is 1. The number of benzene rings is 1. The zero-order valence-corrected chi connectivity index (χ0v) is 10.9. The lowest BCUT2D eigenvalue weighted by Crippen LogP contribution is -2.00. The zero-order chi connectivity index (χ0) is 12.8. The summed E-state index contributed by atoms with van der Waals surface area (Å²) in [5.74, 6) is 0.881. The van der Waals surface area contributed by atoms with E-state index >= 15 is 0 Å². The summed E-state index contributed by atoms with van der Waals surface area (Å²) in [6.07, 6.45) is 2.62. The molecule has 0 aliphatic carbocycles. The summed E-state index contributed by atoms with van der Waals surface area (Å²) in [7, 11) is 1.51. The second-order valence-corrected chi connectivity index (χ2v) is 4.17. The van der Waals surface area contributed by atoms with Crippen LogP contribution in [-0.2, 0) is 0 Å². The van der Waals surface area contributed by atoms with E-state index in [0.717, 1.165) is 5.57 Å². The molecule has 0 aliphatic heterocycles. The van der Waals surface area contributed by atoms with Gasteiger partial charge in [-0.1, -0.05) is 17.2 Å². The third-order valence-electron chi connectivity index (χ3n) is 2.11. The largest absolute Gasteiger partial charge is 0.493 e. The number of allylic oxidation sites excluding steroid dienone is 1. The smallest absolute Gasteiger partial charge is 0.172 e. The van der Waals surface area contributed by atoms with E-state index in [0.29, 0.717) is 35.0 Å². The highest BCUT2D eigenvalue weighted by Crippen LogP contribution is 2.33. The van der Waals surface area contributed by atoms with Crippen LogP contribution in [0.2, 0.25) is 5.02 Å². The van der Waals surface area contributed by atoms with Gasteiger partial charge in [-0.2, -0.15) is 0 Å². The van der Waals surface area contributed by atoms with Gasteiger partial charge in [-0.15, -0.1) is 0 Å². The number of carbonyl (C=O) groups is 1. The fourth-order valence-electron chi connectivity index (χ4n) is 1.27. The van der Waals surface area contributed by atoms with Gasteiger partial charge in [-0.25, -0.2) is 0 Å². The minimum absolute atomic E-state index is 0.386. The van der Waals surface area contributed by atoms with Crippen LogP contribution in [0.5, 0.6) is 11.5 Å². The third kappa shape index (κ3) is 3.79. The lowest BCUT2D eigenvalue weighted by Gasteiger charge is -2.12. The van der Waals surface area contributed by atoms with Crippen molar-refractivity contribution in [3.63, 3.8) is 0 Å². The van der Waals surface area contributed by atoms with E-state index in [1.165, 1.54) is 7.11 Å². The Bertz CT molecular complexity index is 435. The first-order valence-electron chi connectivity index (χ1n) is 5.17. The molecule has 0 spiro atoms. The predicted octanol–water partition coefficient (Wildman–Crippen LogP) is 3.51. The van der Waals surface area contributed by atoms with Gasteiger partial charge in [0.15, 0.2) is 17.8 Å². The number of methoxy groups -OCH3 is 1. The second-order valence-electron chi connectivity index (χ2n) is 3.74. The van der Waals surface area contributed by atoms with Crippen LogP contribution in [0.25, 0.3) is 0 Å². The monoisotopic (exact) mass is 254 g/mol. The lowest BCUT2D eigenvalue weighted by atomic mass is 10.2. The number of hydrogen-bond donors (Lipinski definition) is 0. The van der Waals surface area contributed by atoms with Crippen LogP contribution in [0.4, 0.5) is 0 Å². The minimum Gasteiger partial charge on any atom is -0.493 e. The Morgan fingerprint density at radius 2 is 2.12 bits per heavy atom. The number of ether oxygens (including phenoxy) is 2. The third-order valence-corrected chi connectivity index (χ3v) is 2.33. The summed E-state index contributed by atoms with van der Waals surface area (Å²) in [5, 5.41) is 0.443. The molecule has 92 valence electrons. The first-order chi connectivity index (χ1) is 8.08. The highest BCUT2D eigenvalue weighted by molar-refractivity contribution is 6.31. The van der Waals surface area contributed by atoms with Gasteiger partial charge in [0.25, 0.3) is 0 Å². The molecular weight excluding hydrogens is 240 g/mol. The van der Waals surface area contributed by atoms with Crippen molar-refractivity contribution in [1.82, 2.24) is 0 Å². The fraction of sp³-hybridized carbons (Fsp3) is 0.308. The predicted molar refractivity (Wildman–Crippen MR) is 68.3 cm³/mol. The lowest BCUT2D eigenvalue weighted by molar-refractivity contribution is 0.111. The summed E-state index contributed by atoms with van der Waals surface area (Å²) in [6.45, 7) is 4.34. The van der Waals surface area contributed by atoms with E-state index in [4.69, 9.17) is 21.1 Å². The Morgan fingerprint density at radius 3 is 2.65 bits per heavy atom. The molecule has 0 radical (unpaired) electrons. The van der Waals surface area contributed by atoms with Gasteiger partial charge < -0.3 is 9.47 Å². The van der Waals surface area contributed by atoms with Gasteiger partial charge >= 0.3 is 0 Å². The maximum absolute atomic E-state index is 10.9. The van der Waals surface area contributed by atoms with E-state index in [-0.39, 0.29) is 0 Å². The summed E-state index contributed by atoms with van der Waals surface area (Å²) >= 11 is 5.86. The average Bonchev–Trinajstić information content (AvgIpc) is 2.29. The van der Waals surface area contributed by atoms with Crippen LogP contribution in [0.3, 0.4) is 0 Å². The van der Waals surface area contributed by atoms with Crippen LogP contribution < -0.4 is 9.47 Å². The molecule has 1 rings (SSSR count). The molecule has 0 aromatic heterocycles. The van der Waals surface area contributed by atoms with Gasteiger partial charge in [0.05, 0.1) is 12.7 Å². The Balaban J connectivity index is 3.02. The normalized spacial score (nSPS) is 9.65. The Labute approximate surface area is 106 Å². The van der Waals surface area contributed by atoms with Gasteiger partial charge in [-0.05, 0) is 26.0 Å². The fourth-order valence-corrected chi connectivity index (χ4v) is 1.49. The van der Waals surface area contributed by atoms with E-state index in [9.17, 15) is 4.79 Å². The van der Waals surface area contributed by atoms with Crippen molar-refractivity contribution < 1.29 is 14.3 Å². The van der Waals surface area contributed by atoms with Crippen molar-refractivity contribution >= 4 is 17.9 Å². The maximum atomic E-state index is 10.9.